The van der Waals surface area contributed by atoms with Crippen LogP contribution in [0.25, 0.3) is 11.3 Å². The van der Waals surface area contributed by atoms with Gasteiger partial charge in [-0.15, -0.1) is 11.3 Å². The van der Waals surface area contributed by atoms with E-state index in [1.807, 2.05) is 0 Å². The number of rotatable bonds is 3. The third kappa shape index (κ3) is 3.34. The summed E-state index contributed by atoms with van der Waals surface area (Å²) in [6, 6.07) is 13.1. The van der Waals surface area contributed by atoms with Crippen LogP contribution in [0.4, 0.5) is 10.1 Å². The van der Waals surface area contributed by atoms with Gasteiger partial charge in [0.05, 0.1) is 11.4 Å². The van der Waals surface area contributed by atoms with Crippen LogP contribution in [0.5, 0.6) is 0 Å². The lowest BCUT2D eigenvalue weighted by atomic mass is 10.0. The molecule has 3 aromatic rings. The number of benzene rings is 2. The third-order valence-corrected chi connectivity index (χ3v) is 4.95. The van der Waals surface area contributed by atoms with Gasteiger partial charge in [0.1, 0.15) is 5.82 Å². The van der Waals surface area contributed by atoms with Gasteiger partial charge >= 0.3 is 0 Å². The Morgan fingerprint density at radius 3 is 2.33 bits per heavy atom. The second-order valence-electron chi connectivity index (χ2n) is 6.25. The monoisotopic (exact) mass is 340 g/mol. The van der Waals surface area contributed by atoms with Crippen molar-refractivity contribution < 1.29 is 4.39 Å². The normalized spacial score (nSPS) is 12.2. The van der Waals surface area contributed by atoms with Crippen LogP contribution in [0.3, 0.4) is 0 Å². The first-order chi connectivity index (χ1) is 11.5. The summed E-state index contributed by atoms with van der Waals surface area (Å²) in [6.45, 7) is 8.56. The summed E-state index contributed by atoms with van der Waals surface area (Å²) in [4.78, 5) is 5.63. The van der Waals surface area contributed by atoms with Gasteiger partial charge < -0.3 is 4.57 Å². The van der Waals surface area contributed by atoms with Gasteiger partial charge in [-0.25, -0.2) is 9.38 Å². The fraction of sp³-hybridized carbons (Fsp3) is 0.250. The van der Waals surface area contributed by atoms with Crippen LogP contribution < -0.4 is 4.80 Å². The molecule has 2 nitrogen and oxygen atoms in total. The zero-order valence-electron chi connectivity index (χ0n) is 14.4. The molecule has 0 saturated carbocycles. The summed E-state index contributed by atoms with van der Waals surface area (Å²) >= 11 is 1.61. The molecule has 0 aliphatic rings. The molecule has 1 heterocycles. The summed E-state index contributed by atoms with van der Waals surface area (Å²) in [5, 5.41) is 2.15. The Labute approximate surface area is 146 Å². The van der Waals surface area contributed by atoms with Gasteiger partial charge in [0, 0.05) is 11.4 Å². The first-order valence-corrected chi connectivity index (χ1v) is 8.91. The molecular weight excluding hydrogens is 319 g/mol. The van der Waals surface area contributed by atoms with Crippen LogP contribution in [-0.4, -0.2) is 4.57 Å². The average molecular weight is 340 g/mol. The highest BCUT2D eigenvalue weighted by atomic mass is 32.1. The molecule has 0 aliphatic heterocycles. The number of hydrogen-bond donors (Lipinski definition) is 0. The lowest BCUT2D eigenvalue weighted by molar-refractivity contribution is 0.591. The Bertz CT molecular complexity index is 918. The molecule has 0 aliphatic carbocycles. The predicted molar refractivity (Wildman–Crippen MR) is 99.2 cm³/mol. The first-order valence-electron chi connectivity index (χ1n) is 8.03. The molecule has 0 atom stereocenters. The molecule has 0 amide bonds. The van der Waals surface area contributed by atoms with E-state index in [-0.39, 0.29) is 11.9 Å². The maximum absolute atomic E-state index is 13.1. The molecule has 24 heavy (non-hydrogen) atoms. The van der Waals surface area contributed by atoms with E-state index in [1.165, 1.54) is 34.5 Å². The molecule has 0 saturated heterocycles. The topological polar surface area (TPSA) is 17.3 Å². The lowest BCUT2D eigenvalue weighted by Crippen LogP contribution is -2.17. The summed E-state index contributed by atoms with van der Waals surface area (Å²) in [5.41, 5.74) is 5.70. The third-order valence-electron chi connectivity index (χ3n) is 4.11. The Kier molecular flexibility index (Phi) is 4.67. The van der Waals surface area contributed by atoms with Crippen molar-refractivity contribution in [2.24, 2.45) is 4.99 Å². The number of nitrogens with zero attached hydrogens (tertiary/aromatic N) is 2. The van der Waals surface area contributed by atoms with E-state index < -0.39 is 0 Å². The number of aryl methyl sites for hydroxylation is 2. The van der Waals surface area contributed by atoms with Gasteiger partial charge in [-0.2, -0.15) is 0 Å². The standard InChI is InChI=1S/C20H21FN2S/c1-13(2)23-19(16-6-5-14(3)15(4)11-16)12-24-20(23)22-18-9-7-17(21)8-10-18/h5-13H,1-4H3. The van der Waals surface area contributed by atoms with Gasteiger partial charge in [-0.3, -0.25) is 0 Å². The molecule has 0 spiro atoms. The van der Waals surface area contributed by atoms with E-state index in [4.69, 9.17) is 4.99 Å². The van der Waals surface area contributed by atoms with E-state index in [0.717, 1.165) is 10.5 Å². The van der Waals surface area contributed by atoms with Crippen LogP contribution >= 0.6 is 11.3 Å². The van der Waals surface area contributed by atoms with Crippen molar-refractivity contribution >= 4 is 17.0 Å². The molecule has 0 fully saturated rings. The average Bonchev–Trinajstić information content (AvgIpc) is 2.96. The second-order valence-corrected chi connectivity index (χ2v) is 7.09. The van der Waals surface area contributed by atoms with Crippen molar-refractivity contribution in [2.75, 3.05) is 0 Å². The molecule has 2 aromatic carbocycles. The van der Waals surface area contributed by atoms with Crippen LogP contribution in [0, 0.1) is 19.7 Å². The van der Waals surface area contributed by atoms with Gasteiger partial charge in [0.15, 0.2) is 4.80 Å². The maximum Gasteiger partial charge on any atom is 0.190 e. The van der Waals surface area contributed by atoms with Crippen molar-refractivity contribution in [1.82, 2.24) is 4.57 Å². The van der Waals surface area contributed by atoms with Crippen LogP contribution in [0.15, 0.2) is 52.8 Å². The Morgan fingerprint density at radius 2 is 1.71 bits per heavy atom. The zero-order chi connectivity index (χ0) is 17.3. The van der Waals surface area contributed by atoms with Crippen molar-refractivity contribution in [3.63, 3.8) is 0 Å². The highest BCUT2D eigenvalue weighted by molar-refractivity contribution is 7.07. The van der Waals surface area contributed by atoms with Crippen molar-refractivity contribution in [2.45, 2.75) is 33.7 Å². The summed E-state index contributed by atoms with van der Waals surface area (Å²) in [7, 11) is 0. The van der Waals surface area contributed by atoms with Crippen molar-refractivity contribution in [1.29, 1.82) is 0 Å². The molecule has 1 aromatic heterocycles. The Balaban J connectivity index is 2.14. The van der Waals surface area contributed by atoms with Crippen LogP contribution in [0.2, 0.25) is 0 Å². The van der Waals surface area contributed by atoms with Crippen molar-refractivity contribution in [3.8, 4) is 11.3 Å². The minimum atomic E-state index is -0.243. The first kappa shape index (κ1) is 16.7. The molecule has 124 valence electrons. The smallest absolute Gasteiger partial charge is 0.190 e. The molecule has 3 rings (SSSR count). The fourth-order valence-corrected chi connectivity index (χ4v) is 3.69. The maximum atomic E-state index is 13.1. The second kappa shape index (κ2) is 6.73. The van der Waals surface area contributed by atoms with E-state index in [2.05, 4.69) is 55.8 Å². The largest absolute Gasteiger partial charge is 0.314 e. The number of thiazole rings is 1. The summed E-state index contributed by atoms with van der Waals surface area (Å²) in [5.74, 6) is -0.243. The van der Waals surface area contributed by atoms with Gasteiger partial charge in [-0.1, -0.05) is 12.1 Å². The number of hydrogen-bond acceptors (Lipinski definition) is 2. The zero-order valence-corrected chi connectivity index (χ0v) is 15.2. The fourth-order valence-electron chi connectivity index (χ4n) is 2.64. The predicted octanol–water partition coefficient (Wildman–Crippen LogP) is 5.79. The van der Waals surface area contributed by atoms with E-state index in [0.29, 0.717) is 0 Å². The highest BCUT2D eigenvalue weighted by Gasteiger charge is 2.11. The SMILES string of the molecule is Cc1ccc(-c2csc(=Nc3ccc(F)cc3)n2C(C)C)cc1C. The highest BCUT2D eigenvalue weighted by Crippen LogP contribution is 2.25. The van der Waals surface area contributed by atoms with Gasteiger partial charge in [0.25, 0.3) is 0 Å². The minimum absolute atomic E-state index is 0.243. The van der Waals surface area contributed by atoms with Crippen LogP contribution in [-0.2, 0) is 0 Å². The summed E-state index contributed by atoms with van der Waals surface area (Å²) in [6.07, 6.45) is 0. The lowest BCUT2D eigenvalue weighted by Gasteiger charge is -2.13. The van der Waals surface area contributed by atoms with E-state index >= 15 is 0 Å². The quantitative estimate of drug-likeness (QED) is 0.574. The molecule has 4 heteroatoms. The molecule has 0 bridgehead atoms. The van der Waals surface area contributed by atoms with Crippen LogP contribution in [0.1, 0.15) is 31.0 Å². The number of aromatic nitrogens is 1. The number of halogens is 1. The van der Waals surface area contributed by atoms with Gasteiger partial charge in [-0.05, 0) is 74.7 Å². The molecule has 0 unspecified atom stereocenters. The summed E-state index contributed by atoms with van der Waals surface area (Å²) < 4.78 is 15.3. The minimum Gasteiger partial charge on any atom is -0.314 e. The molecular formula is C20H21FN2S. The Morgan fingerprint density at radius 1 is 1.00 bits per heavy atom. The Hall–Kier alpha value is -2.20. The molecule has 0 radical (unpaired) electrons. The van der Waals surface area contributed by atoms with Crippen molar-refractivity contribution in [3.05, 3.63) is 69.6 Å². The molecule has 0 N–H and O–H groups in total. The van der Waals surface area contributed by atoms with E-state index in [1.54, 1.807) is 23.5 Å². The van der Waals surface area contributed by atoms with Gasteiger partial charge in [0.2, 0.25) is 0 Å². The van der Waals surface area contributed by atoms with E-state index in [9.17, 15) is 4.39 Å².